The lowest BCUT2D eigenvalue weighted by molar-refractivity contribution is 0.545. The summed E-state index contributed by atoms with van der Waals surface area (Å²) in [5.41, 5.74) is 1.11. The normalized spacial score (nSPS) is 13.1. The van der Waals surface area contributed by atoms with Gasteiger partial charge in [0, 0.05) is 36.1 Å². The zero-order chi connectivity index (χ0) is 13.0. The van der Waals surface area contributed by atoms with Crippen molar-refractivity contribution in [2.24, 2.45) is 0 Å². The molecule has 1 N–H and O–H groups in total. The third kappa shape index (κ3) is 3.68. The van der Waals surface area contributed by atoms with Crippen molar-refractivity contribution in [3.63, 3.8) is 0 Å². The molecule has 0 bridgehead atoms. The van der Waals surface area contributed by atoms with Gasteiger partial charge in [-0.1, -0.05) is 19.9 Å². The Labute approximate surface area is 113 Å². The number of thiophene rings is 1. The first-order valence-corrected chi connectivity index (χ1v) is 7.31. The van der Waals surface area contributed by atoms with Gasteiger partial charge in [-0.2, -0.15) is 0 Å². The molecule has 0 aliphatic rings. The molecule has 0 aromatic carbocycles. The quantitative estimate of drug-likeness (QED) is 0.867. The van der Waals surface area contributed by atoms with Crippen molar-refractivity contribution in [3.8, 4) is 0 Å². The molecule has 98 valence electrons. The van der Waals surface area contributed by atoms with E-state index < -0.39 is 0 Å². The molecule has 2 heterocycles. The zero-order valence-corrected chi connectivity index (χ0v) is 12.1. The molecule has 0 amide bonds. The number of rotatable bonds is 6. The van der Waals surface area contributed by atoms with Crippen LogP contribution in [0.3, 0.4) is 0 Å². The fourth-order valence-corrected chi connectivity index (χ4v) is 2.67. The number of nitrogens with one attached hydrogen (secondary N) is 1. The SMILES string of the molecule is CC(C)NCc1cn(C(C)Cc2cccs2)cn1. The van der Waals surface area contributed by atoms with Crippen LogP contribution >= 0.6 is 11.3 Å². The van der Waals surface area contributed by atoms with Gasteiger partial charge in [0.05, 0.1) is 12.0 Å². The summed E-state index contributed by atoms with van der Waals surface area (Å²) in [5.74, 6) is 0. The van der Waals surface area contributed by atoms with Gasteiger partial charge in [0.2, 0.25) is 0 Å². The fourth-order valence-electron chi connectivity index (χ4n) is 1.85. The Kier molecular flexibility index (Phi) is 4.55. The minimum absolute atomic E-state index is 0.462. The van der Waals surface area contributed by atoms with E-state index in [1.54, 1.807) is 0 Å². The molecule has 0 radical (unpaired) electrons. The van der Waals surface area contributed by atoms with Gasteiger partial charge in [-0.25, -0.2) is 4.98 Å². The summed E-state index contributed by atoms with van der Waals surface area (Å²) < 4.78 is 2.21. The smallest absolute Gasteiger partial charge is 0.0952 e. The maximum atomic E-state index is 4.44. The summed E-state index contributed by atoms with van der Waals surface area (Å²) in [4.78, 5) is 5.87. The van der Waals surface area contributed by atoms with E-state index in [9.17, 15) is 0 Å². The molecule has 3 nitrogen and oxygen atoms in total. The van der Waals surface area contributed by atoms with Crippen LogP contribution in [0.2, 0.25) is 0 Å². The molecule has 2 rings (SSSR count). The van der Waals surface area contributed by atoms with E-state index >= 15 is 0 Å². The van der Waals surface area contributed by atoms with Crippen LogP contribution in [-0.2, 0) is 13.0 Å². The van der Waals surface area contributed by atoms with Gasteiger partial charge in [-0.3, -0.25) is 0 Å². The molecule has 2 aromatic rings. The van der Waals surface area contributed by atoms with Crippen molar-refractivity contribution < 1.29 is 0 Å². The molecule has 0 saturated heterocycles. The Morgan fingerprint density at radius 2 is 2.22 bits per heavy atom. The minimum Gasteiger partial charge on any atom is -0.334 e. The largest absolute Gasteiger partial charge is 0.334 e. The van der Waals surface area contributed by atoms with Crippen molar-refractivity contribution >= 4 is 11.3 Å². The predicted molar refractivity (Wildman–Crippen MR) is 76.9 cm³/mol. The van der Waals surface area contributed by atoms with Crippen LogP contribution in [0.4, 0.5) is 0 Å². The van der Waals surface area contributed by atoms with Crippen molar-refractivity contribution in [2.45, 2.75) is 45.8 Å². The van der Waals surface area contributed by atoms with Crippen molar-refractivity contribution in [1.82, 2.24) is 14.9 Å². The topological polar surface area (TPSA) is 29.9 Å². The van der Waals surface area contributed by atoms with E-state index in [2.05, 4.69) is 59.3 Å². The summed E-state index contributed by atoms with van der Waals surface area (Å²) in [7, 11) is 0. The standard InChI is InChI=1S/C14H21N3S/c1-11(2)15-8-13-9-17(10-16-13)12(3)7-14-5-4-6-18-14/h4-6,9-12,15H,7-8H2,1-3H3. The maximum Gasteiger partial charge on any atom is 0.0952 e. The van der Waals surface area contributed by atoms with Crippen molar-refractivity contribution in [3.05, 3.63) is 40.6 Å². The van der Waals surface area contributed by atoms with Crippen LogP contribution < -0.4 is 5.32 Å². The Morgan fingerprint density at radius 1 is 1.39 bits per heavy atom. The van der Waals surface area contributed by atoms with Crippen LogP contribution in [0.25, 0.3) is 0 Å². The van der Waals surface area contributed by atoms with Crippen molar-refractivity contribution in [1.29, 1.82) is 0 Å². The summed E-state index contributed by atoms with van der Waals surface area (Å²) in [6.45, 7) is 7.38. The average Bonchev–Trinajstić information content (AvgIpc) is 2.96. The third-order valence-corrected chi connectivity index (χ3v) is 3.83. The van der Waals surface area contributed by atoms with Crippen molar-refractivity contribution in [2.75, 3.05) is 0 Å². The lowest BCUT2D eigenvalue weighted by Crippen LogP contribution is -2.21. The highest BCUT2D eigenvalue weighted by Gasteiger charge is 2.08. The molecule has 0 aliphatic heterocycles. The van der Waals surface area contributed by atoms with Gasteiger partial charge in [0.1, 0.15) is 0 Å². The molecule has 0 fully saturated rings. The first-order chi connectivity index (χ1) is 8.65. The van der Waals surface area contributed by atoms with Gasteiger partial charge < -0.3 is 9.88 Å². The molecular weight excluding hydrogens is 242 g/mol. The Hall–Kier alpha value is -1.13. The van der Waals surface area contributed by atoms with Gasteiger partial charge in [-0.15, -0.1) is 11.3 Å². The van der Waals surface area contributed by atoms with Crippen LogP contribution in [0.1, 0.15) is 37.4 Å². The molecule has 1 atom stereocenters. The second-order valence-electron chi connectivity index (χ2n) is 4.98. The molecule has 0 spiro atoms. The van der Waals surface area contributed by atoms with E-state index in [0.29, 0.717) is 12.1 Å². The Morgan fingerprint density at radius 3 is 2.89 bits per heavy atom. The number of imidazole rings is 1. The summed E-state index contributed by atoms with van der Waals surface area (Å²) in [6, 6.07) is 5.26. The van der Waals surface area contributed by atoms with E-state index in [1.807, 2.05) is 17.7 Å². The summed E-state index contributed by atoms with van der Waals surface area (Å²) in [6.07, 6.45) is 5.16. The highest BCUT2D eigenvalue weighted by Crippen LogP contribution is 2.18. The predicted octanol–water partition coefficient (Wildman–Crippen LogP) is 3.25. The first kappa shape index (κ1) is 13.3. The van der Waals surface area contributed by atoms with Crippen LogP contribution in [0, 0.1) is 0 Å². The van der Waals surface area contributed by atoms with Gasteiger partial charge in [0.15, 0.2) is 0 Å². The molecule has 4 heteroatoms. The average molecular weight is 263 g/mol. The summed E-state index contributed by atoms with van der Waals surface area (Å²) in [5, 5.41) is 5.52. The highest BCUT2D eigenvalue weighted by molar-refractivity contribution is 7.09. The number of hydrogen-bond donors (Lipinski definition) is 1. The number of aromatic nitrogens is 2. The number of hydrogen-bond acceptors (Lipinski definition) is 3. The third-order valence-electron chi connectivity index (χ3n) is 2.93. The minimum atomic E-state index is 0.462. The lowest BCUT2D eigenvalue weighted by atomic mass is 10.2. The number of nitrogens with zero attached hydrogens (tertiary/aromatic N) is 2. The highest BCUT2D eigenvalue weighted by atomic mass is 32.1. The monoisotopic (exact) mass is 263 g/mol. The van der Waals surface area contributed by atoms with Gasteiger partial charge in [0.25, 0.3) is 0 Å². The van der Waals surface area contributed by atoms with Crippen LogP contribution in [0.5, 0.6) is 0 Å². The second kappa shape index (κ2) is 6.16. The summed E-state index contributed by atoms with van der Waals surface area (Å²) >= 11 is 1.82. The first-order valence-electron chi connectivity index (χ1n) is 6.43. The molecular formula is C14H21N3S. The molecule has 18 heavy (non-hydrogen) atoms. The van der Waals surface area contributed by atoms with Gasteiger partial charge >= 0.3 is 0 Å². The van der Waals surface area contributed by atoms with E-state index in [0.717, 1.165) is 18.7 Å². The lowest BCUT2D eigenvalue weighted by Gasteiger charge is -2.11. The van der Waals surface area contributed by atoms with E-state index in [4.69, 9.17) is 0 Å². The molecule has 0 aliphatic carbocycles. The van der Waals surface area contributed by atoms with Crippen LogP contribution in [0.15, 0.2) is 30.0 Å². The van der Waals surface area contributed by atoms with E-state index in [-0.39, 0.29) is 0 Å². The fraction of sp³-hybridized carbons (Fsp3) is 0.500. The van der Waals surface area contributed by atoms with Gasteiger partial charge in [-0.05, 0) is 18.4 Å². The van der Waals surface area contributed by atoms with Crippen LogP contribution in [-0.4, -0.2) is 15.6 Å². The molecule has 1 unspecified atom stereocenters. The molecule has 2 aromatic heterocycles. The van der Waals surface area contributed by atoms with E-state index in [1.165, 1.54) is 4.88 Å². The maximum absolute atomic E-state index is 4.44. The molecule has 0 saturated carbocycles. The Bertz CT molecular complexity index is 459. The zero-order valence-electron chi connectivity index (χ0n) is 11.3. The second-order valence-corrected chi connectivity index (χ2v) is 6.01. The Balaban J connectivity index is 1.92.